The number of piperidine rings is 1. The van der Waals surface area contributed by atoms with Crippen LogP contribution in [0, 0.1) is 5.92 Å². The molecule has 3 unspecified atom stereocenters. The van der Waals surface area contributed by atoms with Crippen LogP contribution < -0.4 is 0 Å². The van der Waals surface area contributed by atoms with Crippen molar-refractivity contribution in [2.24, 2.45) is 5.92 Å². The fraction of sp³-hybridized carbons (Fsp3) is 1.00. The van der Waals surface area contributed by atoms with Crippen LogP contribution in [0.15, 0.2) is 0 Å². The summed E-state index contributed by atoms with van der Waals surface area (Å²) >= 11 is 0. The van der Waals surface area contributed by atoms with E-state index in [1.807, 2.05) is 0 Å². The van der Waals surface area contributed by atoms with Crippen LogP contribution in [-0.4, -0.2) is 35.2 Å². The largest absolute Gasteiger partial charge is 0.393 e. The van der Waals surface area contributed by atoms with Crippen LogP contribution in [0.5, 0.6) is 0 Å². The van der Waals surface area contributed by atoms with Gasteiger partial charge < -0.3 is 10.0 Å². The Bertz CT molecular complexity index is 160. The highest BCUT2D eigenvalue weighted by atomic mass is 16.3. The van der Waals surface area contributed by atoms with E-state index in [2.05, 4.69) is 25.7 Å². The summed E-state index contributed by atoms with van der Waals surface area (Å²) in [5, 5.41) is 9.77. The second-order valence-corrected chi connectivity index (χ2v) is 4.66. The van der Waals surface area contributed by atoms with Crippen molar-refractivity contribution in [2.45, 2.75) is 58.6 Å². The molecule has 0 amide bonds. The summed E-state index contributed by atoms with van der Waals surface area (Å²) in [6.07, 6.45) is 4.57. The molecule has 1 fully saturated rings. The third-order valence-corrected chi connectivity index (χ3v) is 3.58. The number of aliphatic hydroxyl groups is 1. The number of nitrogens with zero attached hydrogens (tertiary/aromatic N) is 1. The maximum Gasteiger partial charge on any atom is 0.0592 e. The minimum absolute atomic E-state index is 0.0509. The van der Waals surface area contributed by atoms with Crippen LogP contribution in [-0.2, 0) is 0 Å². The van der Waals surface area contributed by atoms with Crippen molar-refractivity contribution in [3.05, 3.63) is 0 Å². The molecule has 0 saturated carbocycles. The Labute approximate surface area is 88.3 Å². The molecular weight excluding hydrogens is 174 g/mol. The zero-order chi connectivity index (χ0) is 10.6. The molecule has 1 aliphatic rings. The van der Waals surface area contributed by atoms with E-state index in [-0.39, 0.29) is 6.10 Å². The molecule has 0 radical (unpaired) electrons. The topological polar surface area (TPSA) is 23.5 Å². The van der Waals surface area contributed by atoms with Crippen molar-refractivity contribution in [3.63, 3.8) is 0 Å². The molecule has 0 aromatic carbocycles. The van der Waals surface area contributed by atoms with Crippen LogP contribution in [0.1, 0.15) is 46.5 Å². The van der Waals surface area contributed by atoms with Gasteiger partial charge in [0.2, 0.25) is 0 Å². The van der Waals surface area contributed by atoms with E-state index >= 15 is 0 Å². The molecule has 84 valence electrons. The predicted molar refractivity (Wildman–Crippen MR) is 60.3 cm³/mol. The summed E-state index contributed by atoms with van der Waals surface area (Å²) in [6, 6.07) is 0.696. The van der Waals surface area contributed by atoms with Crippen molar-refractivity contribution >= 4 is 0 Å². The highest BCUT2D eigenvalue weighted by Gasteiger charge is 2.28. The first kappa shape index (κ1) is 12.0. The maximum atomic E-state index is 9.77. The standard InChI is InChI=1S/C12H25NO/c1-4-6-10(3)13-8-7-12(14)11(5-2)9-13/h10-12,14H,4-9H2,1-3H3. The SMILES string of the molecule is CCCC(C)N1CCC(O)C(CC)C1. The van der Waals surface area contributed by atoms with Gasteiger partial charge in [-0.05, 0) is 32.1 Å². The van der Waals surface area contributed by atoms with E-state index in [0.29, 0.717) is 12.0 Å². The number of aliphatic hydroxyl groups excluding tert-OH is 1. The fourth-order valence-corrected chi connectivity index (χ4v) is 2.45. The first-order chi connectivity index (χ1) is 6.69. The van der Waals surface area contributed by atoms with Crippen molar-refractivity contribution in [1.29, 1.82) is 0 Å². The quantitative estimate of drug-likeness (QED) is 0.751. The molecule has 1 rings (SSSR count). The van der Waals surface area contributed by atoms with Gasteiger partial charge >= 0.3 is 0 Å². The van der Waals surface area contributed by atoms with E-state index < -0.39 is 0 Å². The Hall–Kier alpha value is -0.0800. The van der Waals surface area contributed by atoms with Gasteiger partial charge in [0.1, 0.15) is 0 Å². The normalized spacial score (nSPS) is 31.7. The van der Waals surface area contributed by atoms with Crippen molar-refractivity contribution < 1.29 is 5.11 Å². The average Bonchev–Trinajstić information content (AvgIpc) is 2.19. The summed E-state index contributed by atoms with van der Waals surface area (Å²) in [6.45, 7) is 8.92. The highest BCUT2D eigenvalue weighted by Crippen LogP contribution is 2.22. The zero-order valence-corrected chi connectivity index (χ0v) is 9.87. The highest BCUT2D eigenvalue weighted by molar-refractivity contribution is 4.81. The van der Waals surface area contributed by atoms with Crippen LogP contribution >= 0.6 is 0 Å². The lowest BCUT2D eigenvalue weighted by atomic mass is 9.91. The van der Waals surface area contributed by atoms with E-state index in [1.165, 1.54) is 12.8 Å². The summed E-state index contributed by atoms with van der Waals surface area (Å²) in [4.78, 5) is 2.55. The molecule has 0 aliphatic carbocycles. The Kier molecular flexibility index (Phi) is 4.90. The van der Waals surface area contributed by atoms with Gasteiger partial charge in [-0.15, -0.1) is 0 Å². The Morgan fingerprint density at radius 2 is 2.14 bits per heavy atom. The fourth-order valence-electron chi connectivity index (χ4n) is 2.45. The third-order valence-electron chi connectivity index (χ3n) is 3.58. The Balaban J connectivity index is 2.41. The molecule has 2 nitrogen and oxygen atoms in total. The summed E-state index contributed by atoms with van der Waals surface area (Å²) in [5.74, 6) is 0.503. The molecule has 1 heterocycles. The second-order valence-electron chi connectivity index (χ2n) is 4.66. The van der Waals surface area contributed by atoms with Gasteiger partial charge in [-0.1, -0.05) is 20.3 Å². The van der Waals surface area contributed by atoms with Gasteiger partial charge in [0.05, 0.1) is 6.10 Å². The van der Waals surface area contributed by atoms with Gasteiger partial charge in [-0.3, -0.25) is 0 Å². The van der Waals surface area contributed by atoms with E-state index in [0.717, 1.165) is 25.9 Å². The summed E-state index contributed by atoms with van der Waals surface area (Å²) in [5.41, 5.74) is 0. The van der Waals surface area contributed by atoms with E-state index in [4.69, 9.17) is 0 Å². The lowest BCUT2D eigenvalue weighted by molar-refractivity contribution is 0.00969. The van der Waals surface area contributed by atoms with Gasteiger partial charge in [0.25, 0.3) is 0 Å². The molecule has 0 aromatic heterocycles. The number of hydrogen-bond acceptors (Lipinski definition) is 2. The molecule has 14 heavy (non-hydrogen) atoms. The van der Waals surface area contributed by atoms with Crippen LogP contribution in [0.2, 0.25) is 0 Å². The molecule has 2 heteroatoms. The monoisotopic (exact) mass is 199 g/mol. The molecule has 0 bridgehead atoms. The van der Waals surface area contributed by atoms with E-state index in [1.54, 1.807) is 0 Å². The lowest BCUT2D eigenvalue weighted by Crippen LogP contribution is -2.46. The van der Waals surface area contributed by atoms with Gasteiger partial charge in [-0.25, -0.2) is 0 Å². The van der Waals surface area contributed by atoms with Gasteiger partial charge in [-0.2, -0.15) is 0 Å². The van der Waals surface area contributed by atoms with Crippen molar-refractivity contribution in [2.75, 3.05) is 13.1 Å². The van der Waals surface area contributed by atoms with Gasteiger partial charge in [0.15, 0.2) is 0 Å². The zero-order valence-electron chi connectivity index (χ0n) is 9.87. The lowest BCUT2D eigenvalue weighted by Gasteiger charge is -2.39. The smallest absolute Gasteiger partial charge is 0.0592 e. The summed E-state index contributed by atoms with van der Waals surface area (Å²) < 4.78 is 0. The van der Waals surface area contributed by atoms with Crippen LogP contribution in [0.3, 0.4) is 0 Å². The van der Waals surface area contributed by atoms with E-state index in [9.17, 15) is 5.11 Å². The predicted octanol–water partition coefficient (Wildman–Crippen LogP) is 2.27. The Morgan fingerprint density at radius 3 is 2.71 bits per heavy atom. The minimum Gasteiger partial charge on any atom is -0.393 e. The van der Waals surface area contributed by atoms with Crippen molar-refractivity contribution in [3.8, 4) is 0 Å². The molecule has 3 atom stereocenters. The molecule has 1 N–H and O–H groups in total. The molecule has 1 aliphatic heterocycles. The molecule has 0 spiro atoms. The number of rotatable bonds is 4. The maximum absolute atomic E-state index is 9.77. The average molecular weight is 199 g/mol. The first-order valence-electron chi connectivity index (χ1n) is 6.11. The van der Waals surface area contributed by atoms with Crippen LogP contribution in [0.4, 0.5) is 0 Å². The number of likely N-dealkylation sites (tertiary alicyclic amines) is 1. The van der Waals surface area contributed by atoms with Gasteiger partial charge in [0, 0.05) is 19.1 Å². The minimum atomic E-state index is -0.0509. The molecule has 0 aromatic rings. The van der Waals surface area contributed by atoms with Crippen molar-refractivity contribution in [1.82, 2.24) is 4.90 Å². The first-order valence-corrected chi connectivity index (χ1v) is 6.11. The molecular formula is C12H25NO. The Morgan fingerprint density at radius 1 is 1.43 bits per heavy atom. The summed E-state index contributed by atoms with van der Waals surface area (Å²) in [7, 11) is 0. The second kappa shape index (κ2) is 5.72. The van der Waals surface area contributed by atoms with Crippen LogP contribution in [0.25, 0.3) is 0 Å². The molecule has 1 saturated heterocycles. The number of hydrogen-bond donors (Lipinski definition) is 1. The third kappa shape index (κ3) is 2.96.